The predicted octanol–water partition coefficient (Wildman–Crippen LogP) is 0.668. The van der Waals surface area contributed by atoms with Crippen LogP contribution in [0.1, 0.15) is 5.56 Å². The smallest absolute Gasteiger partial charge is 0.314 e. The molecule has 1 unspecified atom stereocenters. The Hall–Kier alpha value is -2.75. The van der Waals surface area contributed by atoms with Gasteiger partial charge in [-0.25, -0.2) is 13.1 Å². The van der Waals surface area contributed by atoms with Crippen LogP contribution in [0.4, 0.5) is 0 Å². The zero-order valence-corrected chi connectivity index (χ0v) is 16.4. The molecule has 0 saturated heterocycles. The quantitative estimate of drug-likeness (QED) is 0.503. The van der Waals surface area contributed by atoms with E-state index >= 15 is 0 Å². The van der Waals surface area contributed by atoms with E-state index in [1.165, 1.54) is 18.2 Å². The molecule has 3 rings (SSSR count). The van der Waals surface area contributed by atoms with Crippen LogP contribution >= 0.6 is 0 Å². The molecule has 0 aliphatic heterocycles. The number of likely N-dealkylation sites (N-methyl/N-ethyl adjacent to an activating group) is 1. The highest BCUT2D eigenvalue weighted by atomic mass is 32.2. The van der Waals surface area contributed by atoms with Gasteiger partial charge in [-0.2, -0.15) is 0 Å². The topological polar surface area (TPSA) is 115 Å². The normalized spacial score (nSPS) is 13.1. The molecule has 0 aliphatic carbocycles. The van der Waals surface area contributed by atoms with E-state index in [9.17, 15) is 18.0 Å². The monoisotopic (exact) mass is 402 g/mol. The number of hydrogen-bond donors (Lipinski definition) is 3. The van der Waals surface area contributed by atoms with Gasteiger partial charge in [0.1, 0.15) is 0 Å². The fraction of sp³-hybridized carbons (Fsp3) is 0.263. The van der Waals surface area contributed by atoms with Crippen molar-refractivity contribution in [3.05, 3.63) is 74.8 Å². The van der Waals surface area contributed by atoms with Gasteiger partial charge in [-0.15, -0.1) is 0 Å². The molecular weight excluding hydrogens is 380 g/mol. The van der Waals surface area contributed by atoms with Crippen molar-refractivity contribution in [3.63, 3.8) is 0 Å². The summed E-state index contributed by atoms with van der Waals surface area (Å²) in [6.45, 7) is 0.227. The standard InChI is InChI=1S/C19H22N4O4S/c1-23(2)14(10-13-6-4-3-5-7-13)12-20-28(26,27)15-8-9-16-17(11-15)22-19(25)18(24)21-16/h3-9,11,14,20H,10,12H2,1-2H3,(H,21,24)(H,22,25). The minimum Gasteiger partial charge on any atom is -0.316 e. The lowest BCUT2D eigenvalue weighted by molar-refractivity contribution is 0.291. The van der Waals surface area contributed by atoms with Crippen LogP contribution in [0, 0.1) is 0 Å². The van der Waals surface area contributed by atoms with Crippen molar-refractivity contribution in [1.29, 1.82) is 0 Å². The van der Waals surface area contributed by atoms with Crippen molar-refractivity contribution in [2.75, 3.05) is 20.6 Å². The van der Waals surface area contributed by atoms with Gasteiger partial charge in [0, 0.05) is 12.6 Å². The Morgan fingerprint density at radius 1 is 0.964 bits per heavy atom. The first-order valence-corrected chi connectivity index (χ1v) is 10.2. The average molecular weight is 402 g/mol. The van der Waals surface area contributed by atoms with Gasteiger partial charge in [0.15, 0.2) is 0 Å². The highest BCUT2D eigenvalue weighted by molar-refractivity contribution is 7.89. The summed E-state index contributed by atoms with van der Waals surface area (Å²) in [6.07, 6.45) is 0.697. The summed E-state index contributed by atoms with van der Waals surface area (Å²) in [5.41, 5.74) is 0.119. The minimum absolute atomic E-state index is 0.0138. The Morgan fingerprint density at radius 2 is 1.61 bits per heavy atom. The summed E-state index contributed by atoms with van der Waals surface area (Å²) < 4.78 is 28.1. The molecule has 2 aromatic carbocycles. The first-order valence-electron chi connectivity index (χ1n) is 8.72. The summed E-state index contributed by atoms with van der Waals surface area (Å²) in [7, 11) is 0.0173. The summed E-state index contributed by atoms with van der Waals surface area (Å²) in [6, 6.07) is 14.0. The molecule has 0 radical (unpaired) electrons. The Bertz CT molecular complexity index is 1180. The summed E-state index contributed by atoms with van der Waals surface area (Å²) in [5.74, 6) is 0. The van der Waals surface area contributed by atoms with E-state index < -0.39 is 21.1 Å². The van der Waals surface area contributed by atoms with Crippen LogP contribution in [0.3, 0.4) is 0 Å². The zero-order chi connectivity index (χ0) is 20.3. The van der Waals surface area contributed by atoms with Gasteiger partial charge >= 0.3 is 11.1 Å². The molecule has 0 aliphatic rings. The van der Waals surface area contributed by atoms with E-state index in [4.69, 9.17) is 0 Å². The Kier molecular flexibility index (Phi) is 5.78. The maximum absolute atomic E-state index is 12.7. The second-order valence-corrected chi connectivity index (χ2v) is 8.54. The Balaban J connectivity index is 1.80. The number of nitrogens with zero attached hydrogens (tertiary/aromatic N) is 1. The van der Waals surface area contributed by atoms with Gasteiger partial charge in [0.2, 0.25) is 10.0 Å². The minimum atomic E-state index is -3.79. The third-order valence-corrected chi connectivity index (χ3v) is 5.98. The van der Waals surface area contributed by atoms with Crippen LogP contribution in [-0.4, -0.2) is 50.0 Å². The molecule has 3 aromatic rings. The van der Waals surface area contributed by atoms with E-state index in [2.05, 4.69) is 14.7 Å². The molecule has 1 aromatic heterocycles. The molecule has 8 nitrogen and oxygen atoms in total. The number of aromatic amines is 2. The number of sulfonamides is 1. The number of H-pyrrole nitrogens is 2. The van der Waals surface area contributed by atoms with Crippen molar-refractivity contribution in [1.82, 2.24) is 19.6 Å². The van der Waals surface area contributed by atoms with Crippen LogP contribution in [0.15, 0.2) is 63.0 Å². The molecule has 9 heteroatoms. The van der Waals surface area contributed by atoms with Crippen LogP contribution in [0.5, 0.6) is 0 Å². The predicted molar refractivity (Wildman–Crippen MR) is 108 cm³/mol. The third-order valence-electron chi connectivity index (χ3n) is 4.56. The number of aromatic nitrogens is 2. The highest BCUT2D eigenvalue weighted by Gasteiger charge is 2.19. The van der Waals surface area contributed by atoms with Crippen molar-refractivity contribution in [2.45, 2.75) is 17.4 Å². The number of hydrogen-bond acceptors (Lipinski definition) is 5. The molecular formula is C19H22N4O4S. The summed E-state index contributed by atoms with van der Waals surface area (Å²) in [4.78, 5) is 29.6. The second-order valence-electron chi connectivity index (χ2n) is 6.77. The van der Waals surface area contributed by atoms with E-state index in [-0.39, 0.29) is 23.0 Å². The van der Waals surface area contributed by atoms with Gasteiger partial charge in [-0.1, -0.05) is 30.3 Å². The Labute approximate surface area is 162 Å². The fourth-order valence-corrected chi connectivity index (χ4v) is 3.97. The molecule has 0 fully saturated rings. The maximum Gasteiger partial charge on any atom is 0.314 e. The lowest BCUT2D eigenvalue weighted by atomic mass is 10.1. The molecule has 1 atom stereocenters. The highest BCUT2D eigenvalue weighted by Crippen LogP contribution is 2.15. The molecule has 0 bridgehead atoms. The number of rotatable bonds is 7. The number of fused-ring (bicyclic) bond motifs is 1. The second kappa shape index (κ2) is 8.09. The van der Waals surface area contributed by atoms with Crippen LogP contribution in [0.2, 0.25) is 0 Å². The molecule has 28 heavy (non-hydrogen) atoms. The average Bonchev–Trinajstić information content (AvgIpc) is 2.66. The van der Waals surface area contributed by atoms with Gasteiger partial charge in [-0.3, -0.25) is 9.59 Å². The lowest BCUT2D eigenvalue weighted by Crippen LogP contribution is -2.41. The SMILES string of the molecule is CN(C)C(CNS(=O)(=O)c1ccc2[nH]c(=O)c(=O)[nH]c2c1)Cc1ccccc1. The molecule has 3 N–H and O–H groups in total. The van der Waals surface area contributed by atoms with Crippen molar-refractivity contribution >= 4 is 21.1 Å². The van der Waals surface area contributed by atoms with E-state index in [0.717, 1.165) is 5.56 Å². The van der Waals surface area contributed by atoms with E-state index in [1.807, 2.05) is 49.3 Å². The Morgan fingerprint density at radius 3 is 2.25 bits per heavy atom. The maximum atomic E-state index is 12.7. The van der Waals surface area contributed by atoms with Gasteiger partial charge in [0.25, 0.3) is 0 Å². The van der Waals surface area contributed by atoms with Gasteiger partial charge in [0.05, 0.1) is 15.9 Å². The molecule has 0 amide bonds. The van der Waals surface area contributed by atoms with Crippen molar-refractivity contribution in [2.24, 2.45) is 0 Å². The first-order chi connectivity index (χ1) is 13.3. The third kappa shape index (κ3) is 4.56. The molecule has 1 heterocycles. The number of benzene rings is 2. The molecule has 148 valence electrons. The molecule has 0 spiro atoms. The first kappa shape index (κ1) is 20.0. The van der Waals surface area contributed by atoms with E-state index in [0.29, 0.717) is 11.9 Å². The largest absolute Gasteiger partial charge is 0.316 e. The fourth-order valence-electron chi connectivity index (χ4n) is 2.87. The van der Waals surface area contributed by atoms with Crippen molar-refractivity contribution in [3.8, 4) is 0 Å². The van der Waals surface area contributed by atoms with Crippen LogP contribution in [-0.2, 0) is 16.4 Å². The van der Waals surface area contributed by atoms with Gasteiger partial charge < -0.3 is 14.9 Å². The zero-order valence-electron chi connectivity index (χ0n) is 15.6. The van der Waals surface area contributed by atoms with Crippen LogP contribution < -0.4 is 15.8 Å². The number of nitrogens with one attached hydrogen (secondary N) is 3. The van der Waals surface area contributed by atoms with Crippen molar-refractivity contribution < 1.29 is 8.42 Å². The summed E-state index contributed by atoms with van der Waals surface area (Å²) in [5, 5.41) is 0. The lowest BCUT2D eigenvalue weighted by Gasteiger charge is -2.24. The molecule has 0 saturated carbocycles. The van der Waals surface area contributed by atoms with Crippen LogP contribution in [0.25, 0.3) is 11.0 Å². The van der Waals surface area contributed by atoms with Gasteiger partial charge in [-0.05, 0) is 44.3 Å². The summed E-state index contributed by atoms with van der Waals surface area (Å²) >= 11 is 0. The van der Waals surface area contributed by atoms with E-state index in [1.54, 1.807) is 0 Å².